The highest BCUT2D eigenvalue weighted by atomic mass is 79.9. The van der Waals surface area contributed by atoms with Crippen molar-refractivity contribution in [3.8, 4) is 6.07 Å². The summed E-state index contributed by atoms with van der Waals surface area (Å²) >= 11 is 3.39. The van der Waals surface area contributed by atoms with E-state index in [4.69, 9.17) is 5.26 Å². The molecule has 0 spiro atoms. The van der Waals surface area contributed by atoms with Crippen LogP contribution in [0.4, 0.5) is 0 Å². The summed E-state index contributed by atoms with van der Waals surface area (Å²) in [4.78, 5) is 2.49. The summed E-state index contributed by atoms with van der Waals surface area (Å²) in [6.45, 7) is 6.73. The van der Waals surface area contributed by atoms with Crippen LogP contribution in [-0.2, 0) is 10.0 Å². The molecule has 2 rings (SSSR count). The zero-order valence-electron chi connectivity index (χ0n) is 12.8. The maximum atomic E-state index is 12.7. The van der Waals surface area contributed by atoms with E-state index in [0.717, 1.165) is 10.0 Å². The molecule has 0 amide bonds. The molecule has 5 nitrogen and oxygen atoms in total. The topological polar surface area (TPSA) is 64.4 Å². The van der Waals surface area contributed by atoms with Gasteiger partial charge in [0.1, 0.15) is 0 Å². The molecule has 0 aromatic heterocycles. The molecular weight excluding hydrogens is 366 g/mol. The van der Waals surface area contributed by atoms with Crippen molar-refractivity contribution in [2.45, 2.75) is 18.7 Å². The van der Waals surface area contributed by atoms with Crippen molar-refractivity contribution < 1.29 is 8.42 Å². The van der Waals surface area contributed by atoms with Crippen LogP contribution in [0.25, 0.3) is 0 Å². The standard InChI is InChI=1S/C15H20BrN3O2S/c1-12(10-17)11-18-5-7-19(8-6-18)22(20,21)14-3-4-15(16)13(2)9-14/h3-4,9,12H,5-8,11H2,1-2H3/t12-/m1/s1. The van der Waals surface area contributed by atoms with E-state index >= 15 is 0 Å². The number of sulfonamides is 1. The maximum absolute atomic E-state index is 12.7. The molecule has 1 atom stereocenters. The number of aryl methyl sites for hydroxylation is 1. The third-order valence-electron chi connectivity index (χ3n) is 3.85. The van der Waals surface area contributed by atoms with Gasteiger partial charge in [0.15, 0.2) is 0 Å². The average molecular weight is 386 g/mol. The highest BCUT2D eigenvalue weighted by Crippen LogP contribution is 2.23. The Balaban J connectivity index is 2.06. The number of nitriles is 1. The fourth-order valence-electron chi connectivity index (χ4n) is 2.51. The Morgan fingerprint density at radius 1 is 1.32 bits per heavy atom. The van der Waals surface area contributed by atoms with Crippen molar-refractivity contribution in [1.82, 2.24) is 9.21 Å². The Hall–Kier alpha value is -0.940. The van der Waals surface area contributed by atoms with Crippen molar-refractivity contribution in [1.29, 1.82) is 5.26 Å². The van der Waals surface area contributed by atoms with Crippen molar-refractivity contribution in [2.24, 2.45) is 5.92 Å². The van der Waals surface area contributed by atoms with Crippen molar-refractivity contribution >= 4 is 26.0 Å². The summed E-state index contributed by atoms with van der Waals surface area (Å²) < 4.78 is 27.8. The first-order valence-electron chi connectivity index (χ1n) is 7.23. The van der Waals surface area contributed by atoms with Crippen molar-refractivity contribution in [3.05, 3.63) is 28.2 Å². The zero-order valence-corrected chi connectivity index (χ0v) is 15.2. The number of piperazine rings is 1. The van der Waals surface area contributed by atoms with Crippen LogP contribution in [0.1, 0.15) is 12.5 Å². The lowest BCUT2D eigenvalue weighted by atomic mass is 10.2. The van der Waals surface area contributed by atoms with Crippen LogP contribution in [0.5, 0.6) is 0 Å². The fraction of sp³-hybridized carbons (Fsp3) is 0.533. The molecule has 0 bridgehead atoms. The van der Waals surface area contributed by atoms with E-state index in [1.165, 1.54) is 4.31 Å². The summed E-state index contributed by atoms with van der Waals surface area (Å²) in [5, 5.41) is 8.86. The minimum absolute atomic E-state index is 0.0303. The van der Waals surface area contributed by atoms with Gasteiger partial charge in [-0.3, -0.25) is 4.90 Å². The minimum atomic E-state index is -3.44. The van der Waals surface area contributed by atoms with Crippen LogP contribution < -0.4 is 0 Å². The summed E-state index contributed by atoms with van der Waals surface area (Å²) in [7, 11) is -3.44. The van der Waals surface area contributed by atoms with Crippen molar-refractivity contribution in [2.75, 3.05) is 32.7 Å². The van der Waals surface area contributed by atoms with Crippen LogP contribution in [0, 0.1) is 24.2 Å². The van der Waals surface area contributed by atoms with E-state index in [1.807, 2.05) is 13.8 Å². The van der Waals surface area contributed by atoms with Gasteiger partial charge < -0.3 is 0 Å². The lowest BCUT2D eigenvalue weighted by Gasteiger charge is -2.34. The summed E-state index contributed by atoms with van der Waals surface area (Å²) in [5.41, 5.74) is 0.905. The predicted molar refractivity (Wildman–Crippen MR) is 88.9 cm³/mol. The van der Waals surface area contributed by atoms with Gasteiger partial charge in [0, 0.05) is 37.2 Å². The largest absolute Gasteiger partial charge is 0.299 e. The molecular formula is C15H20BrN3O2S. The molecule has 1 aromatic carbocycles. The first-order chi connectivity index (χ1) is 10.3. The summed E-state index contributed by atoms with van der Waals surface area (Å²) in [6.07, 6.45) is 0. The molecule has 1 aromatic rings. The normalized spacial score (nSPS) is 18.8. The highest BCUT2D eigenvalue weighted by molar-refractivity contribution is 9.10. The van der Waals surface area contributed by atoms with E-state index in [2.05, 4.69) is 26.9 Å². The zero-order chi connectivity index (χ0) is 16.3. The Labute approximate surface area is 140 Å². The van der Waals surface area contributed by atoms with Crippen LogP contribution in [0.15, 0.2) is 27.6 Å². The lowest BCUT2D eigenvalue weighted by molar-refractivity contribution is 0.178. The Bertz CT molecular complexity index is 677. The van der Waals surface area contributed by atoms with Crippen LogP contribution >= 0.6 is 15.9 Å². The average Bonchev–Trinajstić information content (AvgIpc) is 2.50. The second-order valence-corrected chi connectivity index (χ2v) is 8.44. The van der Waals surface area contributed by atoms with E-state index in [1.54, 1.807) is 18.2 Å². The SMILES string of the molecule is Cc1cc(S(=O)(=O)N2CCN(C[C@H](C)C#N)CC2)ccc1Br. The Morgan fingerprint density at radius 3 is 2.50 bits per heavy atom. The number of hydrogen-bond acceptors (Lipinski definition) is 4. The second kappa shape index (κ2) is 7.09. The molecule has 0 saturated carbocycles. The lowest BCUT2D eigenvalue weighted by Crippen LogP contribution is -2.49. The van der Waals surface area contributed by atoms with Gasteiger partial charge in [-0.05, 0) is 37.6 Å². The minimum Gasteiger partial charge on any atom is -0.299 e. The molecule has 22 heavy (non-hydrogen) atoms. The molecule has 120 valence electrons. The van der Waals surface area contributed by atoms with E-state index in [0.29, 0.717) is 37.6 Å². The van der Waals surface area contributed by atoms with Crippen LogP contribution in [-0.4, -0.2) is 50.3 Å². The number of benzene rings is 1. The van der Waals surface area contributed by atoms with Gasteiger partial charge in [-0.15, -0.1) is 0 Å². The Morgan fingerprint density at radius 2 is 1.95 bits per heavy atom. The van der Waals surface area contributed by atoms with Gasteiger partial charge >= 0.3 is 0 Å². The van der Waals surface area contributed by atoms with E-state index in [-0.39, 0.29) is 5.92 Å². The molecule has 0 N–H and O–H groups in total. The smallest absolute Gasteiger partial charge is 0.243 e. The van der Waals surface area contributed by atoms with Gasteiger partial charge in [-0.25, -0.2) is 8.42 Å². The van der Waals surface area contributed by atoms with Gasteiger partial charge in [0.2, 0.25) is 10.0 Å². The third kappa shape index (κ3) is 3.87. The van der Waals surface area contributed by atoms with Crippen LogP contribution in [0.2, 0.25) is 0 Å². The van der Waals surface area contributed by atoms with Crippen LogP contribution in [0.3, 0.4) is 0 Å². The van der Waals surface area contributed by atoms with E-state index in [9.17, 15) is 8.42 Å². The number of nitrogens with zero attached hydrogens (tertiary/aromatic N) is 3. The van der Waals surface area contributed by atoms with Gasteiger partial charge in [-0.2, -0.15) is 9.57 Å². The fourth-order valence-corrected chi connectivity index (χ4v) is 4.26. The van der Waals surface area contributed by atoms with E-state index < -0.39 is 10.0 Å². The quantitative estimate of drug-likeness (QED) is 0.796. The molecule has 7 heteroatoms. The number of halogens is 1. The molecule has 1 aliphatic rings. The van der Waals surface area contributed by atoms with Gasteiger partial charge in [0.25, 0.3) is 0 Å². The molecule has 1 aliphatic heterocycles. The second-order valence-electron chi connectivity index (χ2n) is 5.65. The third-order valence-corrected chi connectivity index (χ3v) is 6.64. The van der Waals surface area contributed by atoms with Gasteiger partial charge in [-0.1, -0.05) is 15.9 Å². The molecule has 0 unspecified atom stereocenters. The highest BCUT2D eigenvalue weighted by Gasteiger charge is 2.29. The molecule has 1 fully saturated rings. The summed E-state index contributed by atoms with van der Waals surface area (Å²) in [5.74, 6) is -0.0303. The first-order valence-corrected chi connectivity index (χ1v) is 9.46. The van der Waals surface area contributed by atoms with Crippen molar-refractivity contribution in [3.63, 3.8) is 0 Å². The maximum Gasteiger partial charge on any atom is 0.243 e. The Kier molecular flexibility index (Phi) is 5.61. The summed E-state index contributed by atoms with van der Waals surface area (Å²) in [6, 6.07) is 7.32. The van der Waals surface area contributed by atoms with Gasteiger partial charge in [0.05, 0.1) is 16.9 Å². The molecule has 1 heterocycles. The monoisotopic (exact) mass is 385 g/mol. The molecule has 0 aliphatic carbocycles. The first kappa shape index (κ1) is 17.4. The molecule has 1 saturated heterocycles. The number of rotatable bonds is 4. The predicted octanol–water partition coefficient (Wildman–Crippen LogP) is 2.22. The number of hydrogen-bond donors (Lipinski definition) is 0. The molecule has 0 radical (unpaired) electrons.